The Morgan fingerprint density at radius 2 is 1.76 bits per heavy atom. The second-order valence-corrected chi connectivity index (χ2v) is 5.07. The van der Waals surface area contributed by atoms with Crippen LogP contribution in [0.3, 0.4) is 0 Å². The van der Waals surface area contributed by atoms with Crippen molar-refractivity contribution in [3.63, 3.8) is 0 Å². The van der Waals surface area contributed by atoms with Gasteiger partial charge in [-0.2, -0.15) is 5.26 Å². The molecule has 0 amide bonds. The van der Waals surface area contributed by atoms with Crippen LogP contribution in [0.15, 0.2) is 42.5 Å². The van der Waals surface area contributed by atoms with Crippen molar-refractivity contribution in [3.05, 3.63) is 59.2 Å². The Morgan fingerprint density at radius 3 is 2.33 bits per heavy atom. The monoisotopic (exact) mass is 279 g/mol. The lowest BCUT2D eigenvalue weighted by molar-refractivity contribution is 0.817. The average Bonchev–Trinajstić information content (AvgIpc) is 2.54. The van der Waals surface area contributed by atoms with Crippen LogP contribution in [0.2, 0.25) is 0 Å². The molecule has 3 nitrogen and oxygen atoms in total. The lowest BCUT2D eigenvalue weighted by atomic mass is 10.1. The maximum absolute atomic E-state index is 9.39. The average molecular weight is 279 g/mol. The minimum absolute atomic E-state index is 0.699. The molecule has 0 aliphatic rings. The smallest absolute Gasteiger partial charge is 0.101 e. The van der Waals surface area contributed by atoms with Gasteiger partial charge in [0.25, 0.3) is 0 Å². The summed E-state index contributed by atoms with van der Waals surface area (Å²) in [6.45, 7) is 2.91. The first kappa shape index (κ1) is 15.1. The van der Waals surface area contributed by atoms with Crippen molar-refractivity contribution >= 4 is 11.4 Å². The summed E-state index contributed by atoms with van der Waals surface area (Å²) in [5, 5.41) is 12.5. The van der Waals surface area contributed by atoms with Gasteiger partial charge in [-0.1, -0.05) is 25.1 Å². The first-order valence-electron chi connectivity index (χ1n) is 7.20. The summed E-state index contributed by atoms with van der Waals surface area (Å²) in [5.74, 6) is 0. The number of hydrogen-bond donors (Lipinski definition) is 1. The van der Waals surface area contributed by atoms with E-state index in [0.29, 0.717) is 5.56 Å². The molecule has 0 bridgehead atoms. The molecule has 2 aromatic carbocycles. The van der Waals surface area contributed by atoms with Gasteiger partial charge in [-0.25, -0.2) is 0 Å². The molecule has 108 valence electrons. The molecule has 0 unspecified atom stereocenters. The van der Waals surface area contributed by atoms with Crippen molar-refractivity contribution in [2.75, 3.05) is 19.0 Å². The Labute approximate surface area is 126 Å². The Bertz CT molecular complexity index is 639. The minimum Gasteiger partial charge on any atom is -0.344 e. The molecule has 0 heterocycles. The van der Waals surface area contributed by atoms with Gasteiger partial charge in [0.2, 0.25) is 0 Å². The van der Waals surface area contributed by atoms with E-state index in [4.69, 9.17) is 0 Å². The molecule has 21 heavy (non-hydrogen) atoms. The Hall–Kier alpha value is -2.31. The van der Waals surface area contributed by atoms with E-state index in [0.717, 1.165) is 29.9 Å². The topological polar surface area (TPSA) is 39.1 Å². The van der Waals surface area contributed by atoms with E-state index in [9.17, 15) is 5.26 Å². The minimum atomic E-state index is 0.699. The summed E-state index contributed by atoms with van der Waals surface area (Å²) >= 11 is 0. The van der Waals surface area contributed by atoms with E-state index in [2.05, 4.69) is 53.5 Å². The molecule has 0 atom stereocenters. The van der Waals surface area contributed by atoms with Crippen LogP contribution in [0, 0.1) is 11.3 Å². The second-order valence-electron chi connectivity index (χ2n) is 5.07. The molecule has 0 saturated heterocycles. The van der Waals surface area contributed by atoms with Gasteiger partial charge >= 0.3 is 0 Å². The van der Waals surface area contributed by atoms with Crippen molar-refractivity contribution < 1.29 is 0 Å². The SMILES string of the molecule is CCc1ccc(N(C)c2ccc(CNC)cc2C#N)cc1. The zero-order valence-electron chi connectivity index (χ0n) is 12.9. The number of hydrogen-bond acceptors (Lipinski definition) is 3. The number of nitriles is 1. The number of anilines is 2. The molecular formula is C18H21N3. The van der Waals surface area contributed by atoms with E-state index >= 15 is 0 Å². The van der Waals surface area contributed by atoms with Crippen LogP contribution in [0.4, 0.5) is 11.4 Å². The number of aryl methyl sites for hydroxylation is 1. The van der Waals surface area contributed by atoms with Crippen molar-refractivity contribution in [3.8, 4) is 6.07 Å². The van der Waals surface area contributed by atoms with Crippen LogP contribution < -0.4 is 10.2 Å². The van der Waals surface area contributed by atoms with Gasteiger partial charge in [0.15, 0.2) is 0 Å². The highest BCUT2D eigenvalue weighted by atomic mass is 15.1. The molecule has 0 radical (unpaired) electrons. The normalized spacial score (nSPS) is 10.2. The predicted octanol–water partition coefficient (Wildman–Crippen LogP) is 3.61. The Balaban J connectivity index is 2.33. The van der Waals surface area contributed by atoms with Crippen LogP contribution >= 0.6 is 0 Å². The second kappa shape index (κ2) is 6.92. The van der Waals surface area contributed by atoms with E-state index < -0.39 is 0 Å². The molecular weight excluding hydrogens is 258 g/mol. The summed E-state index contributed by atoms with van der Waals surface area (Å²) < 4.78 is 0. The summed E-state index contributed by atoms with van der Waals surface area (Å²) in [6.07, 6.45) is 1.03. The molecule has 2 aromatic rings. The van der Waals surface area contributed by atoms with Gasteiger partial charge in [-0.3, -0.25) is 0 Å². The third-order valence-corrected chi connectivity index (χ3v) is 3.66. The summed E-state index contributed by atoms with van der Waals surface area (Å²) in [6, 6.07) is 16.8. The highest BCUT2D eigenvalue weighted by Gasteiger charge is 2.10. The molecule has 1 N–H and O–H groups in total. The van der Waals surface area contributed by atoms with Crippen LogP contribution in [0.25, 0.3) is 0 Å². The quantitative estimate of drug-likeness (QED) is 0.908. The highest BCUT2D eigenvalue weighted by Crippen LogP contribution is 2.27. The summed E-state index contributed by atoms with van der Waals surface area (Å²) in [4.78, 5) is 2.06. The van der Waals surface area contributed by atoms with Crippen molar-refractivity contribution in [1.29, 1.82) is 5.26 Å². The maximum Gasteiger partial charge on any atom is 0.101 e. The van der Waals surface area contributed by atoms with Gasteiger partial charge in [-0.15, -0.1) is 0 Å². The molecule has 2 rings (SSSR count). The molecule has 0 aromatic heterocycles. The molecule has 3 heteroatoms. The van der Waals surface area contributed by atoms with Crippen LogP contribution in [-0.2, 0) is 13.0 Å². The molecule has 0 saturated carbocycles. The highest BCUT2D eigenvalue weighted by molar-refractivity contribution is 5.69. The maximum atomic E-state index is 9.39. The number of rotatable bonds is 5. The van der Waals surface area contributed by atoms with Gasteiger partial charge in [0.1, 0.15) is 6.07 Å². The summed E-state index contributed by atoms with van der Waals surface area (Å²) in [5.41, 5.74) is 5.15. The Kier molecular flexibility index (Phi) is 4.97. The summed E-state index contributed by atoms with van der Waals surface area (Å²) in [7, 11) is 3.90. The van der Waals surface area contributed by atoms with E-state index in [1.165, 1.54) is 5.56 Å². The fourth-order valence-electron chi connectivity index (χ4n) is 2.37. The van der Waals surface area contributed by atoms with Gasteiger partial charge in [-0.05, 0) is 48.9 Å². The first-order valence-corrected chi connectivity index (χ1v) is 7.20. The van der Waals surface area contributed by atoms with Crippen LogP contribution in [0.1, 0.15) is 23.6 Å². The first-order chi connectivity index (χ1) is 10.2. The van der Waals surface area contributed by atoms with Gasteiger partial charge in [0, 0.05) is 19.3 Å². The lowest BCUT2D eigenvalue weighted by Crippen LogP contribution is -2.12. The Morgan fingerprint density at radius 1 is 1.10 bits per heavy atom. The number of nitrogens with zero attached hydrogens (tertiary/aromatic N) is 2. The van der Waals surface area contributed by atoms with Crippen LogP contribution in [0.5, 0.6) is 0 Å². The van der Waals surface area contributed by atoms with E-state index in [1.807, 2.05) is 26.2 Å². The van der Waals surface area contributed by atoms with E-state index in [1.54, 1.807) is 0 Å². The molecule has 0 aliphatic carbocycles. The van der Waals surface area contributed by atoms with E-state index in [-0.39, 0.29) is 0 Å². The van der Waals surface area contributed by atoms with Crippen molar-refractivity contribution in [1.82, 2.24) is 5.32 Å². The van der Waals surface area contributed by atoms with Crippen LogP contribution in [-0.4, -0.2) is 14.1 Å². The third kappa shape index (κ3) is 3.42. The zero-order chi connectivity index (χ0) is 15.2. The standard InChI is InChI=1S/C18H21N3/c1-4-14-5-8-17(9-6-14)21(3)18-10-7-15(13-20-2)11-16(18)12-19/h5-11,20H,4,13H2,1-3H3. The van der Waals surface area contributed by atoms with Crippen molar-refractivity contribution in [2.45, 2.75) is 19.9 Å². The predicted molar refractivity (Wildman–Crippen MR) is 87.8 cm³/mol. The molecule has 0 fully saturated rings. The molecule has 0 spiro atoms. The fourth-order valence-corrected chi connectivity index (χ4v) is 2.37. The third-order valence-electron chi connectivity index (χ3n) is 3.66. The van der Waals surface area contributed by atoms with Gasteiger partial charge < -0.3 is 10.2 Å². The van der Waals surface area contributed by atoms with Crippen molar-refractivity contribution in [2.24, 2.45) is 0 Å². The lowest BCUT2D eigenvalue weighted by Gasteiger charge is -2.21. The molecule has 0 aliphatic heterocycles. The number of benzene rings is 2. The largest absolute Gasteiger partial charge is 0.344 e. The number of nitrogens with one attached hydrogen (secondary N) is 1. The fraction of sp³-hybridized carbons (Fsp3) is 0.278. The van der Waals surface area contributed by atoms with Gasteiger partial charge in [0.05, 0.1) is 11.3 Å². The zero-order valence-corrected chi connectivity index (χ0v) is 12.9.